The van der Waals surface area contributed by atoms with Gasteiger partial charge in [-0.3, -0.25) is 10.1 Å². The van der Waals surface area contributed by atoms with E-state index in [0.29, 0.717) is 0 Å². The maximum Gasteiger partial charge on any atom is 0.269 e. The van der Waals surface area contributed by atoms with Crippen molar-refractivity contribution in [3.8, 4) is 0 Å². The summed E-state index contributed by atoms with van der Waals surface area (Å²) in [5, 5.41) is 11.8. The molecule has 0 saturated heterocycles. The smallest absolute Gasteiger partial charge is 0.269 e. The monoisotopic (exact) mass is 284 g/mol. The first-order chi connectivity index (χ1) is 9.65. The summed E-state index contributed by atoms with van der Waals surface area (Å²) in [6.07, 6.45) is 0. The molecule has 3 rings (SSSR count). The number of H-pyrrole nitrogens is 1. The first kappa shape index (κ1) is 12.7. The number of non-ortho nitro benzene ring substituents is 1. The molecule has 4 nitrogen and oxygen atoms in total. The lowest BCUT2D eigenvalue weighted by Gasteiger charge is -2.01. The van der Waals surface area contributed by atoms with E-state index in [4.69, 9.17) is 0 Å². The summed E-state index contributed by atoms with van der Waals surface area (Å²) in [7, 11) is 0. The van der Waals surface area contributed by atoms with Crippen LogP contribution in [0.15, 0.2) is 58.3 Å². The number of nitrogens with one attached hydrogen (secondary N) is 1. The Morgan fingerprint density at radius 2 is 1.80 bits per heavy atom. The summed E-state index contributed by atoms with van der Waals surface area (Å²) in [6, 6.07) is 14.8. The fraction of sp³-hybridized carbons (Fsp3) is 0.0667. The van der Waals surface area contributed by atoms with Crippen LogP contribution in [0.25, 0.3) is 10.9 Å². The molecule has 0 spiro atoms. The van der Waals surface area contributed by atoms with Crippen LogP contribution in [0.2, 0.25) is 0 Å². The van der Waals surface area contributed by atoms with Crippen molar-refractivity contribution in [2.24, 2.45) is 0 Å². The number of aromatic nitrogens is 1. The number of para-hydroxylation sites is 1. The van der Waals surface area contributed by atoms with Crippen LogP contribution in [-0.2, 0) is 0 Å². The number of rotatable bonds is 3. The fourth-order valence-electron chi connectivity index (χ4n) is 2.14. The molecular formula is C15H12N2O2S. The van der Waals surface area contributed by atoms with Gasteiger partial charge in [0.1, 0.15) is 0 Å². The number of aromatic amines is 1. The third-order valence-electron chi connectivity index (χ3n) is 3.10. The zero-order valence-corrected chi connectivity index (χ0v) is 11.6. The van der Waals surface area contributed by atoms with E-state index in [9.17, 15) is 10.1 Å². The molecule has 0 aliphatic rings. The van der Waals surface area contributed by atoms with Gasteiger partial charge in [0.05, 0.1) is 4.92 Å². The molecule has 1 N–H and O–H groups in total. The van der Waals surface area contributed by atoms with Gasteiger partial charge in [0.2, 0.25) is 0 Å². The molecule has 0 radical (unpaired) electrons. The molecule has 2 aromatic carbocycles. The third kappa shape index (κ3) is 2.28. The van der Waals surface area contributed by atoms with Crippen molar-refractivity contribution in [1.29, 1.82) is 0 Å². The zero-order chi connectivity index (χ0) is 14.1. The Morgan fingerprint density at radius 1 is 1.10 bits per heavy atom. The van der Waals surface area contributed by atoms with Gasteiger partial charge in [-0.25, -0.2) is 0 Å². The second kappa shape index (κ2) is 5.02. The van der Waals surface area contributed by atoms with Crippen molar-refractivity contribution in [3.05, 3.63) is 64.3 Å². The number of fused-ring (bicyclic) bond motifs is 1. The Hall–Kier alpha value is -2.27. The van der Waals surface area contributed by atoms with Crippen molar-refractivity contribution in [3.63, 3.8) is 0 Å². The van der Waals surface area contributed by atoms with Gasteiger partial charge in [0, 0.05) is 38.5 Å². The molecule has 20 heavy (non-hydrogen) atoms. The Kier molecular flexibility index (Phi) is 3.20. The van der Waals surface area contributed by atoms with E-state index in [1.165, 1.54) is 17.5 Å². The van der Waals surface area contributed by atoms with Gasteiger partial charge in [0.15, 0.2) is 0 Å². The highest BCUT2D eigenvalue weighted by molar-refractivity contribution is 7.99. The minimum absolute atomic E-state index is 0.116. The van der Waals surface area contributed by atoms with E-state index < -0.39 is 0 Å². The number of hydrogen-bond acceptors (Lipinski definition) is 3. The van der Waals surface area contributed by atoms with Gasteiger partial charge in [-0.15, -0.1) is 0 Å². The Bertz CT molecular complexity index is 778. The van der Waals surface area contributed by atoms with Crippen molar-refractivity contribution in [2.45, 2.75) is 16.7 Å². The first-order valence-electron chi connectivity index (χ1n) is 6.15. The van der Waals surface area contributed by atoms with E-state index in [1.54, 1.807) is 23.9 Å². The van der Waals surface area contributed by atoms with Crippen LogP contribution in [0.5, 0.6) is 0 Å². The van der Waals surface area contributed by atoms with Crippen molar-refractivity contribution >= 4 is 28.4 Å². The minimum Gasteiger partial charge on any atom is -0.358 e. The molecule has 100 valence electrons. The van der Waals surface area contributed by atoms with Crippen LogP contribution in [0.1, 0.15) is 5.69 Å². The number of nitro benzene ring substituents is 1. The lowest BCUT2D eigenvalue weighted by Crippen LogP contribution is -1.86. The van der Waals surface area contributed by atoms with Crippen molar-refractivity contribution < 1.29 is 4.92 Å². The minimum atomic E-state index is -0.384. The number of nitro groups is 1. The highest BCUT2D eigenvalue weighted by Gasteiger charge is 2.10. The summed E-state index contributed by atoms with van der Waals surface area (Å²) in [4.78, 5) is 15.8. The summed E-state index contributed by atoms with van der Waals surface area (Å²) >= 11 is 1.62. The SMILES string of the molecule is Cc1[nH]c2ccccc2c1Sc1ccc([N+](=O)[O-])cc1. The van der Waals surface area contributed by atoms with Crippen LogP contribution < -0.4 is 0 Å². The average Bonchev–Trinajstić information content (AvgIpc) is 2.76. The molecule has 0 aliphatic carbocycles. The number of hydrogen-bond donors (Lipinski definition) is 1. The van der Waals surface area contributed by atoms with Gasteiger partial charge >= 0.3 is 0 Å². The quantitative estimate of drug-likeness (QED) is 0.567. The van der Waals surface area contributed by atoms with E-state index >= 15 is 0 Å². The van der Waals surface area contributed by atoms with E-state index in [1.807, 2.05) is 25.1 Å². The summed E-state index contributed by atoms with van der Waals surface area (Å²) in [5.74, 6) is 0. The second-order valence-electron chi connectivity index (χ2n) is 4.48. The standard InChI is InChI=1S/C15H12N2O2S/c1-10-15(13-4-2-3-5-14(13)16-10)20-12-8-6-11(7-9-12)17(18)19/h2-9,16H,1H3. The summed E-state index contributed by atoms with van der Waals surface area (Å²) in [5.41, 5.74) is 2.33. The van der Waals surface area contributed by atoms with Gasteiger partial charge in [-0.2, -0.15) is 0 Å². The van der Waals surface area contributed by atoms with E-state index in [-0.39, 0.29) is 10.6 Å². The molecule has 0 amide bonds. The zero-order valence-electron chi connectivity index (χ0n) is 10.8. The number of nitrogens with zero attached hydrogens (tertiary/aromatic N) is 1. The van der Waals surface area contributed by atoms with Crippen molar-refractivity contribution in [2.75, 3.05) is 0 Å². The molecule has 0 fully saturated rings. The largest absolute Gasteiger partial charge is 0.358 e. The van der Waals surface area contributed by atoms with Crippen molar-refractivity contribution in [1.82, 2.24) is 4.98 Å². The third-order valence-corrected chi connectivity index (χ3v) is 4.34. The van der Waals surface area contributed by atoms with Gasteiger partial charge in [-0.1, -0.05) is 30.0 Å². The maximum absolute atomic E-state index is 10.7. The molecule has 3 aromatic rings. The lowest BCUT2D eigenvalue weighted by molar-refractivity contribution is -0.384. The van der Waals surface area contributed by atoms with Gasteiger partial charge in [0.25, 0.3) is 5.69 Å². The molecule has 1 heterocycles. The molecule has 0 atom stereocenters. The predicted octanol–water partition coefficient (Wildman–Crippen LogP) is 4.54. The van der Waals surface area contributed by atoms with E-state index in [0.717, 1.165) is 21.0 Å². The first-order valence-corrected chi connectivity index (χ1v) is 6.96. The van der Waals surface area contributed by atoms with E-state index in [2.05, 4.69) is 11.1 Å². The molecule has 1 aromatic heterocycles. The van der Waals surface area contributed by atoms with Crippen LogP contribution in [-0.4, -0.2) is 9.91 Å². The topological polar surface area (TPSA) is 58.9 Å². The maximum atomic E-state index is 10.7. The Morgan fingerprint density at radius 3 is 2.50 bits per heavy atom. The molecule has 5 heteroatoms. The molecular weight excluding hydrogens is 272 g/mol. The normalized spacial score (nSPS) is 10.8. The molecule has 0 unspecified atom stereocenters. The van der Waals surface area contributed by atoms with Crippen LogP contribution in [0, 0.1) is 17.0 Å². The highest BCUT2D eigenvalue weighted by atomic mass is 32.2. The predicted molar refractivity (Wildman–Crippen MR) is 80.3 cm³/mol. The van der Waals surface area contributed by atoms with Crippen LogP contribution >= 0.6 is 11.8 Å². The number of benzene rings is 2. The summed E-state index contributed by atoms with van der Waals surface area (Å²) in [6.45, 7) is 2.04. The average molecular weight is 284 g/mol. The summed E-state index contributed by atoms with van der Waals surface area (Å²) < 4.78 is 0. The fourth-order valence-corrected chi connectivity index (χ4v) is 3.14. The van der Waals surface area contributed by atoms with Crippen LogP contribution in [0.3, 0.4) is 0 Å². The lowest BCUT2D eigenvalue weighted by atomic mass is 10.2. The van der Waals surface area contributed by atoms with Crippen LogP contribution in [0.4, 0.5) is 5.69 Å². The number of aryl methyl sites for hydroxylation is 1. The second-order valence-corrected chi connectivity index (χ2v) is 5.56. The Balaban J connectivity index is 1.96. The van der Waals surface area contributed by atoms with Gasteiger partial charge in [-0.05, 0) is 25.1 Å². The Labute approximate surface area is 120 Å². The van der Waals surface area contributed by atoms with Gasteiger partial charge < -0.3 is 4.98 Å². The molecule has 0 aliphatic heterocycles. The molecule has 0 saturated carbocycles. The molecule has 0 bridgehead atoms. The highest BCUT2D eigenvalue weighted by Crippen LogP contribution is 2.36.